The van der Waals surface area contributed by atoms with E-state index in [0.717, 1.165) is 18.7 Å². The van der Waals surface area contributed by atoms with Gasteiger partial charge in [-0.15, -0.1) is 0 Å². The van der Waals surface area contributed by atoms with E-state index < -0.39 is 26.0 Å². The van der Waals surface area contributed by atoms with Gasteiger partial charge in [0.2, 0.25) is 10.0 Å². The first kappa shape index (κ1) is 20.9. The lowest BCUT2D eigenvalue weighted by Gasteiger charge is -2.15. The molecule has 0 heterocycles. The summed E-state index contributed by atoms with van der Waals surface area (Å²) in [6.45, 7) is 0. The van der Waals surface area contributed by atoms with E-state index in [1.54, 1.807) is 0 Å². The molecule has 0 atom stereocenters. The number of aryl methyl sites for hydroxylation is 1. The van der Waals surface area contributed by atoms with Gasteiger partial charge in [0.05, 0.1) is 35.2 Å². The topological polar surface area (TPSA) is 139 Å². The minimum Gasteiger partial charge on any atom is -0.495 e. The van der Waals surface area contributed by atoms with Crippen molar-refractivity contribution in [1.29, 1.82) is 0 Å². The number of carboxylic acids is 1. The Morgan fingerprint density at radius 1 is 1.07 bits per heavy atom. The van der Waals surface area contributed by atoms with Crippen LogP contribution in [0.5, 0.6) is 5.75 Å². The fourth-order valence-corrected chi connectivity index (χ4v) is 5.24. The first-order valence-corrected chi connectivity index (χ1v) is 12.0. The number of fused-ring (bicyclic) bond motifs is 1. The Morgan fingerprint density at radius 2 is 1.79 bits per heavy atom. The zero-order valence-electron chi connectivity index (χ0n) is 15.7. The van der Waals surface area contributed by atoms with Crippen LogP contribution in [0.25, 0.3) is 0 Å². The van der Waals surface area contributed by atoms with Crippen LogP contribution in [0, 0.1) is 0 Å². The molecule has 1 aliphatic rings. The van der Waals surface area contributed by atoms with Gasteiger partial charge in [-0.05, 0) is 60.7 Å². The number of aromatic carboxylic acids is 1. The second kappa shape index (κ2) is 7.56. The standard InChI is InChI=1S/C18H20N2O7S2/c1-27-16-7-6-13(10-15(16)20-28(2,23)24)19-29(25,26)17-9-12(18(21)22)8-11-4-3-5-14(11)17/h6-10,19-20H,3-5H2,1-2H3,(H,21,22). The zero-order valence-corrected chi connectivity index (χ0v) is 17.4. The lowest BCUT2D eigenvalue weighted by atomic mass is 10.1. The van der Waals surface area contributed by atoms with Crippen molar-refractivity contribution < 1.29 is 31.5 Å². The van der Waals surface area contributed by atoms with Crippen LogP contribution in [0.4, 0.5) is 11.4 Å². The van der Waals surface area contributed by atoms with Gasteiger partial charge in [-0.1, -0.05) is 0 Å². The number of methoxy groups -OCH3 is 1. The number of sulfonamides is 2. The molecule has 0 aromatic heterocycles. The van der Waals surface area contributed by atoms with E-state index in [1.807, 2.05) is 0 Å². The molecule has 0 bridgehead atoms. The molecule has 0 saturated carbocycles. The van der Waals surface area contributed by atoms with Crippen LogP contribution in [0.1, 0.15) is 27.9 Å². The maximum atomic E-state index is 13.0. The van der Waals surface area contributed by atoms with Gasteiger partial charge in [0.25, 0.3) is 10.0 Å². The summed E-state index contributed by atoms with van der Waals surface area (Å²) < 4.78 is 58.9. The second-order valence-corrected chi connectivity index (χ2v) is 10.1. The summed E-state index contributed by atoms with van der Waals surface area (Å²) >= 11 is 0. The summed E-state index contributed by atoms with van der Waals surface area (Å²) in [5.74, 6) is -0.993. The molecular weight excluding hydrogens is 420 g/mol. The number of benzene rings is 2. The van der Waals surface area contributed by atoms with Crippen molar-refractivity contribution in [3.05, 3.63) is 47.0 Å². The number of hydrogen-bond acceptors (Lipinski definition) is 6. The SMILES string of the molecule is COc1ccc(NS(=O)(=O)c2cc(C(=O)O)cc3c2CCC3)cc1NS(C)(=O)=O. The Morgan fingerprint density at radius 3 is 2.41 bits per heavy atom. The highest BCUT2D eigenvalue weighted by molar-refractivity contribution is 7.93. The largest absolute Gasteiger partial charge is 0.495 e. The van der Waals surface area contributed by atoms with Gasteiger partial charge in [-0.2, -0.15) is 0 Å². The molecule has 0 aliphatic heterocycles. The van der Waals surface area contributed by atoms with Crippen molar-refractivity contribution in [2.75, 3.05) is 22.8 Å². The summed E-state index contributed by atoms with van der Waals surface area (Å²) in [5, 5.41) is 9.30. The summed E-state index contributed by atoms with van der Waals surface area (Å²) in [6, 6.07) is 6.78. The first-order valence-electron chi connectivity index (χ1n) is 8.58. The number of ether oxygens (including phenoxy) is 1. The van der Waals surface area contributed by atoms with Gasteiger partial charge in [-0.25, -0.2) is 21.6 Å². The van der Waals surface area contributed by atoms with E-state index in [2.05, 4.69) is 9.44 Å². The van der Waals surface area contributed by atoms with Crippen molar-refractivity contribution in [3.8, 4) is 5.75 Å². The fourth-order valence-electron chi connectivity index (χ4n) is 3.29. The highest BCUT2D eigenvalue weighted by atomic mass is 32.2. The Hall–Kier alpha value is -2.79. The van der Waals surface area contributed by atoms with E-state index in [9.17, 15) is 26.7 Å². The first-order chi connectivity index (χ1) is 13.5. The molecule has 2 aromatic rings. The molecule has 0 fully saturated rings. The van der Waals surface area contributed by atoms with Gasteiger partial charge in [0.15, 0.2) is 0 Å². The normalized spacial score (nSPS) is 13.6. The lowest BCUT2D eigenvalue weighted by Crippen LogP contribution is -2.17. The van der Waals surface area contributed by atoms with Crippen LogP contribution in [-0.4, -0.2) is 41.3 Å². The number of rotatable bonds is 7. The molecule has 29 heavy (non-hydrogen) atoms. The Kier molecular flexibility index (Phi) is 5.46. The van der Waals surface area contributed by atoms with Gasteiger partial charge in [-0.3, -0.25) is 9.44 Å². The summed E-state index contributed by atoms with van der Waals surface area (Å²) in [5.41, 5.74) is 1.38. The summed E-state index contributed by atoms with van der Waals surface area (Å²) in [4.78, 5) is 11.3. The molecule has 9 nitrogen and oxygen atoms in total. The summed E-state index contributed by atoms with van der Waals surface area (Å²) in [7, 11) is -6.37. The molecule has 0 spiro atoms. The second-order valence-electron chi connectivity index (χ2n) is 6.67. The van der Waals surface area contributed by atoms with Crippen LogP contribution in [-0.2, 0) is 32.9 Å². The van der Waals surface area contributed by atoms with Crippen molar-refractivity contribution in [2.24, 2.45) is 0 Å². The predicted molar refractivity (Wildman–Crippen MR) is 108 cm³/mol. The molecule has 3 N–H and O–H groups in total. The fraction of sp³-hybridized carbons (Fsp3) is 0.278. The smallest absolute Gasteiger partial charge is 0.335 e. The average Bonchev–Trinajstić information content (AvgIpc) is 3.07. The van der Waals surface area contributed by atoms with E-state index in [1.165, 1.54) is 31.4 Å². The third-order valence-corrected chi connectivity index (χ3v) is 6.50. The zero-order chi connectivity index (χ0) is 21.4. The average molecular weight is 440 g/mol. The third kappa shape index (κ3) is 4.62. The molecule has 156 valence electrons. The monoisotopic (exact) mass is 440 g/mol. The molecule has 0 saturated heterocycles. The molecule has 0 radical (unpaired) electrons. The van der Waals surface area contributed by atoms with E-state index in [0.29, 0.717) is 24.0 Å². The molecule has 0 amide bonds. The van der Waals surface area contributed by atoms with Crippen LogP contribution in [0.3, 0.4) is 0 Å². The van der Waals surface area contributed by atoms with Gasteiger partial charge < -0.3 is 9.84 Å². The van der Waals surface area contributed by atoms with Crippen molar-refractivity contribution in [3.63, 3.8) is 0 Å². The van der Waals surface area contributed by atoms with Gasteiger partial charge in [0.1, 0.15) is 5.75 Å². The number of anilines is 2. The minimum absolute atomic E-state index is 0.0692. The molecule has 0 unspecified atom stereocenters. The van der Waals surface area contributed by atoms with Crippen LogP contribution >= 0.6 is 0 Å². The predicted octanol–water partition coefficient (Wildman–Crippen LogP) is 2.05. The molecule has 3 rings (SSSR count). The Balaban J connectivity index is 2.03. The van der Waals surface area contributed by atoms with E-state index in [-0.39, 0.29) is 27.6 Å². The van der Waals surface area contributed by atoms with Gasteiger partial charge >= 0.3 is 5.97 Å². The van der Waals surface area contributed by atoms with Crippen molar-refractivity contribution in [1.82, 2.24) is 0 Å². The highest BCUT2D eigenvalue weighted by Crippen LogP contribution is 2.33. The maximum Gasteiger partial charge on any atom is 0.335 e. The van der Waals surface area contributed by atoms with Crippen LogP contribution in [0.15, 0.2) is 35.2 Å². The Labute approximate surface area is 168 Å². The van der Waals surface area contributed by atoms with Crippen LogP contribution in [0.2, 0.25) is 0 Å². The van der Waals surface area contributed by atoms with Crippen molar-refractivity contribution >= 4 is 37.4 Å². The number of nitrogens with one attached hydrogen (secondary N) is 2. The lowest BCUT2D eigenvalue weighted by molar-refractivity contribution is 0.0696. The minimum atomic E-state index is -4.11. The van der Waals surface area contributed by atoms with Gasteiger partial charge in [0, 0.05) is 0 Å². The third-order valence-electron chi connectivity index (χ3n) is 4.46. The highest BCUT2D eigenvalue weighted by Gasteiger charge is 2.26. The van der Waals surface area contributed by atoms with Crippen LogP contribution < -0.4 is 14.2 Å². The number of carbonyl (C=O) groups is 1. The molecule has 2 aromatic carbocycles. The Bertz CT molecular complexity index is 1190. The molecule has 11 heteroatoms. The quantitative estimate of drug-likeness (QED) is 0.599. The number of hydrogen-bond donors (Lipinski definition) is 3. The molecular formula is C18H20N2O7S2. The maximum absolute atomic E-state index is 13.0. The summed E-state index contributed by atoms with van der Waals surface area (Å²) in [6.07, 6.45) is 2.86. The van der Waals surface area contributed by atoms with Crippen molar-refractivity contribution in [2.45, 2.75) is 24.2 Å². The van der Waals surface area contributed by atoms with E-state index in [4.69, 9.17) is 4.74 Å². The van der Waals surface area contributed by atoms with E-state index >= 15 is 0 Å². The molecule has 1 aliphatic carbocycles. The number of carboxylic acid groups (broad SMARTS) is 1.